The van der Waals surface area contributed by atoms with Gasteiger partial charge in [-0.3, -0.25) is 4.79 Å². The molecule has 1 heterocycles. The van der Waals surface area contributed by atoms with Crippen molar-refractivity contribution in [3.05, 3.63) is 52.7 Å². The van der Waals surface area contributed by atoms with Crippen molar-refractivity contribution in [3.8, 4) is 5.88 Å². The van der Waals surface area contributed by atoms with Crippen LogP contribution in [0.25, 0.3) is 0 Å². The van der Waals surface area contributed by atoms with Gasteiger partial charge < -0.3 is 10.1 Å². The maximum absolute atomic E-state index is 12.5. The van der Waals surface area contributed by atoms with Crippen LogP contribution in [0.15, 0.2) is 35.4 Å². The number of rotatable bonds is 6. The van der Waals surface area contributed by atoms with Crippen LogP contribution in [-0.4, -0.2) is 44.8 Å². The quantitative estimate of drug-likeness (QED) is 0.830. The Labute approximate surface area is 154 Å². The number of carbonyl (C=O) groups excluding carboxylic acids is 1. The van der Waals surface area contributed by atoms with Crippen LogP contribution in [0.1, 0.15) is 27.0 Å². The fourth-order valence-corrected chi connectivity index (χ4v) is 3.60. The highest BCUT2D eigenvalue weighted by Gasteiger charge is 2.22. The molecule has 0 unspecified atom stereocenters. The molecule has 0 fully saturated rings. The topological polar surface area (TPSA) is 88.6 Å². The molecule has 7 nitrogen and oxygen atoms in total. The van der Waals surface area contributed by atoms with E-state index in [2.05, 4.69) is 10.3 Å². The number of carbonyl (C=O) groups is 1. The molecule has 0 aliphatic carbocycles. The summed E-state index contributed by atoms with van der Waals surface area (Å²) in [6.45, 7) is 3.80. The minimum absolute atomic E-state index is 0.137. The van der Waals surface area contributed by atoms with Gasteiger partial charge in [0.05, 0.1) is 12.0 Å². The second-order valence-electron chi connectivity index (χ2n) is 6.09. The number of ether oxygens (including phenoxy) is 1. The largest absolute Gasteiger partial charge is 0.481 e. The normalized spacial score (nSPS) is 11.5. The Balaban J connectivity index is 2.28. The van der Waals surface area contributed by atoms with Gasteiger partial charge in [0.25, 0.3) is 5.91 Å². The van der Waals surface area contributed by atoms with Crippen molar-refractivity contribution in [1.29, 1.82) is 0 Å². The number of aryl methyl sites for hydroxylation is 1. The summed E-state index contributed by atoms with van der Waals surface area (Å²) in [6, 6.07) is 6.60. The van der Waals surface area contributed by atoms with Gasteiger partial charge in [0, 0.05) is 38.5 Å². The number of methoxy groups -OCH3 is 1. The van der Waals surface area contributed by atoms with Gasteiger partial charge in [-0.05, 0) is 48.7 Å². The fraction of sp³-hybridized carbons (Fsp3) is 0.333. The van der Waals surface area contributed by atoms with E-state index in [1.165, 1.54) is 27.3 Å². The zero-order valence-corrected chi connectivity index (χ0v) is 16.3. The molecule has 8 heteroatoms. The smallest absolute Gasteiger partial charge is 0.251 e. The number of nitrogens with zero attached hydrogens (tertiary/aromatic N) is 2. The minimum Gasteiger partial charge on any atom is -0.481 e. The Hall–Kier alpha value is -2.45. The molecule has 0 radical (unpaired) electrons. The summed E-state index contributed by atoms with van der Waals surface area (Å²) in [7, 11) is 0.819. The second kappa shape index (κ2) is 7.84. The third kappa shape index (κ3) is 4.20. The predicted octanol–water partition coefficient (Wildman–Crippen LogP) is 1.89. The number of sulfonamides is 1. The summed E-state index contributed by atoms with van der Waals surface area (Å²) in [4.78, 5) is 16.7. The van der Waals surface area contributed by atoms with Gasteiger partial charge in [-0.1, -0.05) is 0 Å². The Morgan fingerprint density at radius 1 is 1.23 bits per heavy atom. The summed E-state index contributed by atoms with van der Waals surface area (Å²) >= 11 is 0. The van der Waals surface area contributed by atoms with Gasteiger partial charge in [0.1, 0.15) is 0 Å². The molecule has 0 saturated heterocycles. The molecule has 0 atom stereocenters. The zero-order chi connectivity index (χ0) is 19.5. The highest BCUT2D eigenvalue weighted by atomic mass is 32.2. The zero-order valence-electron chi connectivity index (χ0n) is 15.5. The lowest BCUT2D eigenvalue weighted by Crippen LogP contribution is -2.26. The molecule has 2 rings (SSSR count). The number of benzene rings is 1. The molecule has 1 amide bonds. The number of amides is 1. The summed E-state index contributed by atoms with van der Waals surface area (Å²) in [6.07, 6.45) is 1.60. The lowest BCUT2D eigenvalue weighted by atomic mass is 10.1. The lowest BCUT2D eigenvalue weighted by molar-refractivity contribution is 0.0950. The molecule has 1 aromatic heterocycles. The standard InChI is InChI=1S/C18H23N3O4S/c1-12-8-15(10-16(13(12)2)26(23,24)21(3)4)18(22)20-11-14-6-7-19-17(9-14)25-5/h6-10H,11H2,1-5H3,(H,20,22). The van der Waals surface area contributed by atoms with Crippen LogP contribution in [0.3, 0.4) is 0 Å². The van der Waals surface area contributed by atoms with Crippen molar-refractivity contribution in [2.24, 2.45) is 0 Å². The highest BCUT2D eigenvalue weighted by Crippen LogP contribution is 2.23. The van der Waals surface area contributed by atoms with Crippen LogP contribution >= 0.6 is 0 Å². The molecule has 2 aromatic rings. The van der Waals surface area contributed by atoms with E-state index in [1.807, 2.05) is 0 Å². The van der Waals surface area contributed by atoms with Crippen molar-refractivity contribution < 1.29 is 17.9 Å². The molecule has 1 N–H and O–H groups in total. The van der Waals surface area contributed by atoms with Crippen molar-refractivity contribution in [2.75, 3.05) is 21.2 Å². The Bertz CT molecular complexity index is 924. The maximum atomic E-state index is 12.5. The Morgan fingerprint density at radius 3 is 2.54 bits per heavy atom. The maximum Gasteiger partial charge on any atom is 0.251 e. The van der Waals surface area contributed by atoms with Crippen molar-refractivity contribution in [3.63, 3.8) is 0 Å². The van der Waals surface area contributed by atoms with E-state index < -0.39 is 10.0 Å². The molecular weight excluding hydrogens is 354 g/mol. The number of hydrogen-bond acceptors (Lipinski definition) is 5. The van der Waals surface area contributed by atoms with Crippen LogP contribution in [-0.2, 0) is 16.6 Å². The number of hydrogen-bond donors (Lipinski definition) is 1. The molecule has 26 heavy (non-hydrogen) atoms. The Kier molecular flexibility index (Phi) is 5.99. The lowest BCUT2D eigenvalue weighted by Gasteiger charge is -2.16. The molecular formula is C18H23N3O4S. The molecule has 140 valence electrons. The number of nitrogens with one attached hydrogen (secondary N) is 1. The van der Waals surface area contributed by atoms with E-state index in [1.54, 1.807) is 38.2 Å². The van der Waals surface area contributed by atoms with Crippen LogP contribution in [0.5, 0.6) is 5.88 Å². The fourth-order valence-electron chi connectivity index (χ4n) is 2.38. The molecule has 0 bridgehead atoms. The summed E-state index contributed by atoms with van der Waals surface area (Å²) in [5, 5.41) is 2.79. The van der Waals surface area contributed by atoms with Crippen molar-refractivity contribution in [1.82, 2.24) is 14.6 Å². The minimum atomic E-state index is -3.63. The molecule has 0 saturated carbocycles. The van der Waals surface area contributed by atoms with Crippen LogP contribution in [0, 0.1) is 13.8 Å². The van der Waals surface area contributed by atoms with Gasteiger partial charge in [-0.25, -0.2) is 17.7 Å². The van der Waals surface area contributed by atoms with E-state index in [0.29, 0.717) is 17.0 Å². The Morgan fingerprint density at radius 2 is 1.92 bits per heavy atom. The third-order valence-electron chi connectivity index (χ3n) is 4.10. The summed E-state index contributed by atoms with van der Waals surface area (Å²) in [5.41, 5.74) is 2.50. The second-order valence-corrected chi connectivity index (χ2v) is 8.21. The van der Waals surface area contributed by atoms with E-state index in [-0.39, 0.29) is 17.3 Å². The first kappa shape index (κ1) is 19.9. The van der Waals surface area contributed by atoms with E-state index in [4.69, 9.17) is 4.74 Å². The molecule has 0 aliphatic heterocycles. The highest BCUT2D eigenvalue weighted by molar-refractivity contribution is 7.89. The van der Waals surface area contributed by atoms with Gasteiger partial charge in [-0.2, -0.15) is 0 Å². The SMILES string of the molecule is COc1cc(CNC(=O)c2cc(C)c(C)c(S(=O)(=O)N(C)C)c2)ccn1. The third-order valence-corrected chi connectivity index (χ3v) is 6.04. The molecule has 0 spiro atoms. The average Bonchev–Trinajstić information content (AvgIpc) is 2.61. The van der Waals surface area contributed by atoms with Gasteiger partial charge in [-0.15, -0.1) is 0 Å². The predicted molar refractivity (Wildman–Crippen MR) is 98.7 cm³/mol. The van der Waals surface area contributed by atoms with Gasteiger partial charge in [0.2, 0.25) is 15.9 Å². The summed E-state index contributed by atoms with van der Waals surface area (Å²) < 4.78 is 31.2. The number of pyridine rings is 1. The van der Waals surface area contributed by atoms with Crippen molar-refractivity contribution >= 4 is 15.9 Å². The first-order valence-electron chi connectivity index (χ1n) is 7.97. The molecule has 0 aliphatic rings. The van der Waals surface area contributed by atoms with E-state index >= 15 is 0 Å². The van der Waals surface area contributed by atoms with E-state index in [0.717, 1.165) is 15.4 Å². The van der Waals surface area contributed by atoms with Crippen molar-refractivity contribution in [2.45, 2.75) is 25.3 Å². The number of aromatic nitrogens is 1. The molecule has 1 aromatic carbocycles. The van der Waals surface area contributed by atoms with E-state index in [9.17, 15) is 13.2 Å². The van der Waals surface area contributed by atoms with Gasteiger partial charge >= 0.3 is 0 Å². The average molecular weight is 377 g/mol. The van der Waals surface area contributed by atoms with Gasteiger partial charge in [0.15, 0.2) is 0 Å². The van der Waals surface area contributed by atoms with Crippen LogP contribution in [0.4, 0.5) is 0 Å². The first-order chi connectivity index (χ1) is 12.2. The van der Waals surface area contributed by atoms with Crippen LogP contribution in [0.2, 0.25) is 0 Å². The monoisotopic (exact) mass is 377 g/mol. The van der Waals surface area contributed by atoms with Crippen LogP contribution < -0.4 is 10.1 Å². The summed E-state index contributed by atoms with van der Waals surface area (Å²) in [5.74, 6) is 0.112. The first-order valence-corrected chi connectivity index (χ1v) is 9.41.